The summed E-state index contributed by atoms with van der Waals surface area (Å²) < 4.78 is 5.12. The topological polar surface area (TPSA) is 21.3 Å². The summed E-state index contributed by atoms with van der Waals surface area (Å²) in [5.74, 6) is 1.25. The van der Waals surface area contributed by atoms with E-state index in [0.717, 1.165) is 31.1 Å². The minimum absolute atomic E-state index is 0.558. The lowest BCUT2D eigenvalue weighted by Gasteiger charge is -2.19. The molecule has 20 heavy (non-hydrogen) atoms. The Labute approximate surface area is 128 Å². The van der Waals surface area contributed by atoms with Gasteiger partial charge in [-0.05, 0) is 48.9 Å². The molecule has 0 amide bonds. The predicted molar refractivity (Wildman–Crippen MR) is 87.6 cm³/mol. The number of ether oxygens (including phenoxy) is 1. The zero-order chi connectivity index (χ0) is 14.8. The van der Waals surface area contributed by atoms with Crippen LogP contribution in [0.15, 0.2) is 24.3 Å². The van der Waals surface area contributed by atoms with E-state index in [1.165, 1.54) is 18.4 Å². The van der Waals surface area contributed by atoms with Crippen LogP contribution < -0.4 is 5.32 Å². The summed E-state index contributed by atoms with van der Waals surface area (Å²) >= 11 is 5.98. The maximum absolute atomic E-state index is 5.98. The van der Waals surface area contributed by atoms with Crippen molar-refractivity contribution in [3.63, 3.8) is 0 Å². The Kier molecular flexibility index (Phi) is 8.92. The molecule has 1 aromatic rings. The first-order valence-electron chi connectivity index (χ1n) is 7.58. The maximum atomic E-state index is 5.98. The van der Waals surface area contributed by atoms with Crippen molar-refractivity contribution < 1.29 is 4.74 Å². The Morgan fingerprint density at radius 2 is 1.80 bits per heavy atom. The van der Waals surface area contributed by atoms with E-state index in [1.54, 1.807) is 7.11 Å². The highest BCUT2D eigenvalue weighted by Crippen LogP contribution is 2.23. The van der Waals surface area contributed by atoms with Crippen LogP contribution >= 0.6 is 11.6 Å². The van der Waals surface area contributed by atoms with Crippen LogP contribution in [0.1, 0.15) is 44.6 Å². The van der Waals surface area contributed by atoms with Gasteiger partial charge in [0, 0.05) is 25.3 Å². The highest BCUT2D eigenvalue weighted by atomic mass is 35.5. The summed E-state index contributed by atoms with van der Waals surface area (Å²) in [6, 6.07) is 8.28. The van der Waals surface area contributed by atoms with Gasteiger partial charge in [-0.15, -0.1) is 0 Å². The van der Waals surface area contributed by atoms with Gasteiger partial charge in [0.15, 0.2) is 0 Å². The monoisotopic (exact) mass is 297 g/mol. The Bertz CT molecular complexity index is 351. The van der Waals surface area contributed by atoms with E-state index >= 15 is 0 Å². The Morgan fingerprint density at radius 1 is 1.10 bits per heavy atom. The number of nitrogens with one attached hydrogen (secondary N) is 1. The quantitative estimate of drug-likeness (QED) is 0.643. The molecule has 1 atom stereocenters. The Hall–Kier alpha value is -0.570. The molecule has 1 unspecified atom stereocenters. The second kappa shape index (κ2) is 10.2. The molecule has 2 nitrogen and oxygen atoms in total. The lowest BCUT2D eigenvalue weighted by atomic mass is 9.93. The van der Waals surface area contributed by atoms with E-state index in [0.29, 0.717) is 11.8 Å². The van der Waals surface area contributed by atoms with E-state index in [1.807, 2.05) is 12.1 Å². The third-order valence-electron chi connectivity index (χ3n) is 3.44. The molecular formula is C17H28ClNO. The van der Waals surface area contributed by atoms with Crippen LogP contribution in [0.2, 0.25) is 5.02 Å². The first-order chi connectivity index (χ1) is 9.63. The molecule has 0 saturated carbocycles. The summed E-state index contributed by atoms with van der Waals surface area (Å²) in [4.78, 5) is 0. The lowest BCUT2D eigenvalue weighted by Crippen LogP contribution is -2.25. The van der Waals surface area contributed by atoms with Crippen LogP contribution in [0, 0.1) is 5.92 Å². The van der Waals surface area contributed by atoms with Gasteiger partial charge >= 0.3 is 0 Å². The van der Waals surface area contributed by atoms with Gasteiger partial charge in [-0.2, -0.15) is 0 Å². The van der Waals surface area contributed by atoms with Crippen molar-refractivity contribution in [1.82, 2.24) is 5.32 Å². The molecule has 0 aliphatic carbocycles. The van der Waals surface area contributed by atoms with E-state index < -0.39 is 0 Å². The molecule has 1 N–H and O–H groups in total. The molecule has 0 radical (unpaired) electrons. The van der Waals surface area contributed by atoms with E-state index in [-0.39, 0.29) is 0 Å². The van der Waals surface area contributed by atoms with Crippen molar-refractivity contribution in [1.29, 1.82) is 0 Å². The van der Waals surface area contributed by atoms with Crippen molar-refractivity contribution >= 4 is 11.6 Å². The molecule has 0 bridgehead atoms. The van der Waals surface area contributed by atoms with Gasteiger partial charge in [0.25, 0.3) is 0 Å². The largest absolute Gasteiger partial charge is 0.385 e. The fourth-order valence-electron chi connectivity index (χ4n) is 2.30. The van der Waals surface area contributed by atoms with Crippen LogP contribution in [-0.4, -0.2) is 26.8 Å². The van der Waals surface area contributed by atoms with Crippen LogP contribution in [0.4, 0.5) is 0 Å². The summed E-state index contributed by atoms with van der Waals surface area (Å²) in [6.07, 6.45) is 3.52. The van der Waals surface area contributed by atoms with Crippen molar-refractivity contribution in [2.75, 3.05) is 26.8 Å². The van der Waals surface area contributed by atoms with Gasteiger partial charge in [0.1, 0.15) is 0 Å². The van der Waals surface area contributed by atoms with Crippen LogP contribution in [0.3, 0.4) is 0 Å². The summed E-state index contributed by atoms with van der Waals surface area (Å²) in [5.41, 5.74) is 1.38. The fraction of sp³-hybridized carbons (Fsp3) is 0.647. The SMILES string of the molecule is COCCCCC(CNCC(C)C)c1ccc(Cl)cc1. The molecule has 0 fully saturated rings. The minimum atomic E-state index is 0.558. The molecule has 1 rings (SSSR count). The van der Waals surface area contributed by atoms with Crippen molar-refractivity contribution in [3.8, 4) is 0 Å². The third kappa shape index (κ3) is 7.28. The zero-order valence-electron chi connectivity index (χ0n) is 13.0. The van der Waals surface area contributed by atoms with Crippen LogP contribution in [0.25, 0.3) is 0 Å². The van der Waals surface area contributed by atoms with Crippen molar-refractivity contribution in [2.24, 2.45) is 5.92 Å². The van der Waals surface area contributed by atoms with Crippen molar-refractivity contribution in [2.45, 2.75) is 39.0 Å². The number of benzene rings is 1. The second-order valence-electron chi connectivity index (χ2n) is 5.79. The number of unbranched alkanes of at least 4 members (excludes halogenated alkanes) is 1. The van der Waals surface area contributed by atoms with Gasteiger partial charge in [0.05, 0.1) is 0 Å². The number of halogens is 1. The predicted octanol–water partition coefficient (Wildman–Crippen LogP) is 4.49. The average molecular weight is 298 g/mol. The molecule has 0 aromatic heterocycles. The second-order valence-corrected chi connectivity index (χ2v) is 6.23. The van der Waals surface area contributed by atoms with E-state index in [4.69, 9.17) is 16.3 Å². The minimum Gasteiger partial charge on any atom is -0.385 e. The Morgan fingerprint density at radius 3 is 2.40 bits per heavy atom. The molecule has 3 heteroatoms. The number of rotatable bonds is 10. The normalized spacial score (nSPS) is 12.8. The molecule has 0 spiro atoms. The van der Waals surface area contributed by atoms with Crippen LogP contribution in [-0.2, 0) is 4.74 Å². The van der Waals surface area contributed by atoms with Gasteiger partial charge in [-0.3, -0.25) is 0 Å². The van der Waals surface area contributed by atoms with Gasteiger partial charge < -0.3 is 10.1 Å². The Balaban J connectivity index is 2.51. The molecular weight excluding hydrogens is 270 g/mol. The highest BCUT2D eigenvalue weighted by molar-refractivity contribution is 6.30. The fourth-order valence-corrected chi connectivity index (χ4v) is 2.43. The summed E-state index contributed by atoms with van der Waals surface area (Å²) in [6.45, 7) is 7.44. The average Bonchev–Trinajstić information content (AvgIpc) is 2.42. The highest BCUT2D eigenvalue weighted by Gasteiger charge is 2.11. The molecule has 1 aromatic carbocycles. The van der Waals surface area contributed by atoms with Crippen molar-refractivity contribution in [3.05, 3.63) is 34.9 Å². The van der Waals surface area contributed by atoms with Gasteiger partial charge in [-0.1, -0.05) is 44.0 Å². The number of methoxy groups -OCH3 is 1. The summed E-state index contributed by atoms with van der Waals surface area (Å²) in [7, 11) is 1.76. The van der Waals surface area contributed by atoms with Gasteiger partial charge in [0.2, 0.25) is 0 Å². The maximum Gasteiger partial charge on any atom is 0.0462 e. The molecule has 0 aliphatic heterocycles. The van der Waals surface area contributed by atoms with E-state index in [2.05, 4.69) is 31.3 Å². The van der Waals surface area contributed by atoms with Gasteiger partial charge in [-0.25, -0.2) is 0 Å². The zero-order valence-corrected chi connectivity index (χ0v) is 13.7. The molecule has 114 valence electrons. The third-order valence-corrected chi connectivity index (χ3v) is 3.69. The molecule has 0 aliphatic rings. The first-order valence-corrected chi connectivity index (χ1v) is 7.96. The van der Waals surface area contributed by atoms with Crippen LogP contribution in [0.5, 0.6) is 0 Å². The number of hydrogen-bond donors (Lipinski definition) is 1. The number of hydrogen-bond acceptors (Lipinski definition) is 2. The summed E-state index contributed by atoms with van der Waals surface area (Å²) in [5, 5.41) is 4.38. The van der Waals surface area contributed by atoms with E-state index in [9.17, 15) is 0 Å². The first kappa shape index (κ1) is 17.5. The standard InChI is InChI=1S/C17H28ClNO/c1-14(2)12-19-13-16(6-4-5-11-20-3)15-7-9-17(18)10-8-15/h7-10,14,16,19H,4-6,11-13H2,1-3H3. The molecule has 0 saturated heterocycles. The molecule has 0 heterocycles. The smallest absolute Gasteiger partial charge is 0.0462 e. The lowest BCUT2D eigenvalue weighted by molar-refractivity contribution is 0.191.